The molecule has 3 aromatic carbocycles. The van der Waals surface area contributed by atoms with Crippen molar-refractivity contribution in [1.82, 2.24) is 5.01 Å². The number of ether oxygens (including phenoxy) is 3. The number of hydrazone groups is 1. The molecule has 0 saturated heterocycles. The van der Waals surface area contributed by atoms with Crippen molar-refractivity contribution in [1.29, 1.82) is 0 Å². The highest BCUT2D eigenvalue weighted by molar-refractivity contribution is 6.30. The van der Waals surface area contributed by atoms with Gasteiger partial charge < -0.3 is 19.5 Å². The maximum atomic E-state index is 13.3. The minimum absolute atomic E-state index is 0.137. The van der Waals surface area contributed by atoms with E-state index in [4.69, 9.17) is 30.9 Å². The van der Waals surface area contributed by atoms with Gasteiger partial charge >= 0.3 is 6.03 Å². The minimum atomic E-state index is -0.292. The number of nitrogens with zero attached hydrogens (tertiary/aromatic N) is 2. The zero-order chi connectivity index (χ0) is 24.9. The minimum Gasteiger partial charge on any atom is -0.487 e. The molecule has 6 rings (SSSR count). The zero-order valence-corrected chi connectivity index (χ0v) is 20.8. The molecule has 1 atom stereocenters. The molecule has 0 radical (unpaired) electrons. The van der Waals surface area contributed by atoms with Gasteiger partial charge in [-0.1, -0.05) is 29.8 Å². The van der Waals surface area contributed by atoms with Crippen molar-refractivity contribution in [2.45, 2.75) is 31.8 Å². The average molecular weight is 504 g/mol. The molecule has 0 spiro atoms. The summed E-state index contributed by atoms with van der Waals surface area (Å²) >= 11 is 6.12. The smallest absolute Gasteiger partial charge is 0.342 e. The Morgan fingerprint density at radius 2 is 1.75 bits per heavy atom. The molecule has 3 heterocycles. The van der Waals surface area contributed by atoms with Gasteiger partial charge in [0.2, 0.25) is 0 Å². The Labute approximate surface area is 214 Å². The molecule has 184 valence electrons. The van der Waals surface area contributed by atoms with Crippen molar-refractivity contribution in [2.75, 3.05) is 25.1 Å². The number of nitrogens with one attached hydrogen (secondary N) is 1. The lowest BCUT2D eigenvalue weighted by atomic mass is 9.90. The number of carbonyl (C=O) groups excluding carboxylic acids is 1. The maximum Gasteiger partial charge on any atom is 0.342 e. The van der Waals surface area contributed by atoms with Crippen LogP contribution >= 0.6 is 11.6 Å². The zero-order valence-electron chi connectivity index (χ0n) is 20.1. The third kappa shape index (κ3) is 4.35. The Morgan fingerprint density at radius 3 is 2.56 bits per heavy atom. The van der Waals surface area contributed by atoms with Crippen molar-refractivity contribution in [2.24, 2.45) is 5.10 Å². The number of halogens is 1. The summed E-state index contributed by atoms with van der Waals surface area (Å²) in [6, 6.07) is 18.9. The molecule has 2 amide bonds. The third-order valence-electron chi connectivity index (χ3n) is 6.57. The largest absolute Gasteiger partial charge is 0.487 e. The lowest BCUT2D eigenvalue weighted by Gasteiger charge is -2.21. The maximum absolute atomic E-state index is 13.3. The summed E-state index contributed by atoms with van der Waals surface area (Å²) in [6.07, 6.45) is 0.792. The Morgan fingerprint density at radius 1 is 1.00 bits per heavy atom. The van der Waals surface area contributed by atoms with Gasteiger partial charge in [-0.05, 0) is 67.4 Å². The van der Waals surface area contributed by atoms with E-state index in [2.05, 4.69) is 19.2 Å². The molecule has 1 N–H and O–H groups in total. The van der Waals surface area contributed by atoms with E-state index in [9.17, 15) is 4.79 Å². The van der Waals surface area contributed by atoms with Gasteiger partial charge in [-0.3, -0.25) is 0 Å². The molecule has 3 aliphatic rings. The van der Waals surface area contributed by atoms with E-state index in [1.807, 2.05) is 60.7 Å². The molecule has 0 bridgehead atoms. The second-order valence-electron chi connectivity index (χ2n) is 9.82. The monoisotopic (exact) mass is 503 g/mol. The van der Waals surface area contributed by atoms with Gasteiger partial charge in [-0.25, -0.2) is 9.80 Å². The summed E-state index contributed by atoms with van der Waals surface area (Å²) in [5.41, 5.74) is 4.26. The lowest BCUT2D eigenvalue weighted by molar-refractivity contribution is 0.138. The van der Waals surface area contributed by atoms with E-state index >= 15 is 0 Å². The molecule has 3 aliphatic heterocycles. The van der Waals surface area contributed by atoms with Crippen LogP contribution in [-0.4, -0.2) is 42.1 Å². The fourth-order valence-corrected chi connectivity index (χ4v) is 5.05. The van der Waals surface area contributed by atoms with E-state index in [0.29, 0.717) is 36.2 Å². The number of urea groups is 1. The third-order valence-corrected chi connectivity index (χ3v) is 6.82. The van der Waals surface area contributed by atoms with Crippen LogP contribution in [0.25, 0.3) is 0 Å². The fourth-order valence-electron chi connectivity index (χ4n) is 4.92. The van der Waals surface area contributed by atoms with Gasteiger partial charge in [-0.15, -0.1) is 0 Å². The van der Waals surface area contributed by atoms with Crippen LogP contribution in [0, 0.1) is 0 Å². The van der Waals surface area contributed by atoms with E-state index in [0.717, 1.165) is 40.3 Å². The SMILES string of the molecule is CC1(C)Cc2cc(NC(=O)N3CC(c4ccc5c(c4)OCCO5)C(c4ccc(Cl)cc4)=N3)ccc2O1. The molecule has 3 aromatic rings. The number of fused-ring (bicyclic) bond motifs is 2. The van der Waals surface area contributed by atoms with Crippen molar-refractivity contribution in [3.05, 3.63) is 82.4 Å². The predicted molar refractivity (Wildman–Crippen MR) is 139 cm³/mol. The number of anilines is 1. The van der Waals surface area contributed by atoms with Gasteiger partial charge in [0.15, 0.2) is 11.5 Å². The quantitative estimate of drug-likeness (QED) is 0.486. The highest BCUT2D eigenvalue weighted by Gasteiger charge is 2.34. The molecule has 8 heteroatoms. The van der Waals surface area contributed by atoms with Crippen molar-refractivity contribution >= 4 is 29.0 Å². The summed E-state index contributed by atoms with van der Waals surface area (Å²) < 4.78 is 17.4. The molecule has 0 fully saturated rings. The van der Waals surface area contributed by atoms with Gasteiger partial charge in [0.25, 0.3) is 0 Å². The standard InChI is InChI=1S/C28H26ClN3O4/c1-28(2)15-19-13-21(8-10-23(19)36-28)30-27(33)32-16-22(26(31-32)17-3-6-20(29)7-4-17)18-5-9-24-25(14-18)35-12-11-34-24/h3-10,13-14,22H,11-12,15-16H2,1-2H3,(H,30,33). The Balaban J connectivity index is 1.28. The molecule has 0 saturated carbocycles. The first-order chi connectivity index (χ1) is 17.3. The first-order valence-electron chi connectivity index (χ1n) is 12.0. The lowest BCUT2D eigenvalue weighted by Crippen LogP contribution is -2.30. The highest BCUT2D eigenvalue weighted by atomic mass is 35.5. The van der Waals surface area contributed by atoms with Crippen LogP contribution in [0.4, 0.5) is 10.5 Å². The summed E-state index contributed by atoms with van der Waals surface area (Å²) in [7, 11) is 0. The fraction of sp³-hybridized carbons (Fsp3) is 0.286. The van der Waals surface area contributed by atoms with Gasteiger partial charge in [0.05, 0.1) is 12.3 Å². The molecule has 0 aromatic heterocycles. The summed E-state index contributed by atoms with van der Waals surface area (Å²) in [5.74, 6) is 2.16. The Kier molecular flexibility index (Phi) is 5.52. The number of hydrogen-bond donors (Lipinski definition) is 1. The van der Waals surface area contributed by atoms with E-state index < -0.39 is 0 Å². The van der Waals surface area contributed by atoms with Crippen molar-refractivity contribution in [3.8, 4) is 17.2 Å². The molecular formula is C28H26ClN3O4. The predicted octanol–water partition coefficient (Wildman–Crippen LogP) is 5.86. The number of carbonyl (C=O) groups is 1. The molecule has 7 nitrogen and oxygen atoms in total. The van der Waals surface area contributed by atoms with Gasteiger partial charge in [0.1, 0.15) is 24.6 Å². The Hall–Kier alpha value is -3.71. The van der Waals surface area contributed by atoms with Gasteiger partial charge in [0, 0.05) is 28.6 Å². The van der Waals surface area contributed by atoms with E-state index in [1.54, 1.807) is 0 Å². The summed E-state index contributed by atoms with van der Waals surface area (Å²) in [5, 5.41) is 9.88. The number of amides is 2. The van der Waals surface area contributed by atoms with Crippen molar-refractivity contribution < 1.29 is 19.0 Å². The molecule has 36 heavy (non-hydrogen) atoms. The molecular weight excluding hydrogens is 478 g/mol. The van der Waals surface area contributed by atoms with E-state index in [-0.39, 0.29) is 17.6 Å². The topological polar surface area (TPSA) is 72.4 Å². The summed E-state index contributed by atoms with van der Waals surface area (Å²) in [4.78, 5) is 13.3. The van der Waals surface area contributed by atoms with Crippen LogP contribution in [0.2, 0.25) is 5.02 Å². The number of benzene rings is 3. The van der Waals surface area contributed by atoms with Crippen LogP contribution in [0.1, 0.15) is 36.5 Å². The van der Waals surface area contributed by atoms with Crippen LogP contribution in [-0.2, 0) is 6.42 Å². The molecule has 1 unspecified atom stereocenters. The van der Waals surface area contributed by atoms with E-state index in [1.165, 1.54) is 5.01 Å². The van der Waals surface area contributed by atoms with Gasteiger partial charge in [-0.2, -0.15) is 5.10 Å². The highest BCUT2D eigenvalue weighted by Crippen LogP contribution is 2.38. The first kappa shape index (κ1) is 22.7. The molecule has 0 aliphatic carbocycles. The van der Waals surface area contributed by atoms with Crippen LogP contribution in [0.3, 0.4) is 0 Å². The second kappa shape index (κ2) is 8.75. The van der Waals surface area contributed by atoms with Crippen LogP contribution in [0.5, 0.6) is 17.2 Å². The second-order valence-corrected chi connectivity index (χ2v) is 10.3. The first-order valence-corrected chi connectivity index (χ1v) is 12.4. The Bertz CT molecular complexity index is 1370. The number of hydrogen-bond acceptors (Lipinski definition) is 5. The average Bonchev–Trinajstić information content (AvgIpc) is 3.44. The van der Waals surface area contributed by atoms with Crippen LogP contribution in [0.15, 0.2) is 65.8 Å². The van der Waals surface area contributed by atoms with Crippen LogP contribution < -0.4 is 19.5 Å². The van der Waals surface area contributed by atoms with Crippen molar-refractivity contribution in [3.63, 3.8) is 0 Å². The summed E-state index contributed by atoms with van der Waals surface area (Å²) in [6.45, 7) is 5.55. The number of rotatable bonds is 3. The normalized spacial score (nSPS) is 19.4.